The second-order valence-corrected chi connectivity index (χ2v) is 4.69. The summed E-state index contributed by atoms with van der Waals surface area (Å²) < 4.78 is 0. The molecular formula is C13H12N4O2S. The maximum Gasteiger partial charge on any atom is 0.261 e. The molecule has 0 atom stereocenters. The van der Waals surface area contributed by atoms with Crippen LogP contribution in [-0.4, -0.2) is 29.6 Å². The molecule has 7 heteroatoms. The average Bonchev–Trinajstić information content (AvgIpc) is 3.00. The van der Waals surface area contributed by atoms with Gasteiger partial charge in [-0.3, -0.25) is 14.6 Å². The lowest BCUT2D eigenvalue weighted by Crippen LogP contribution is -2.34. The summed E-state index contributed by atoms with van der Waals surface area (Å²) in [6.45, 7) is -0.124. The number of thiophene rings is 1. The van der Waals surface area contributed by atoms with Crippen LogP contribution in [0.25, 0.3) is 0 Å². The van der Waals surface area contributed by atoms with Crippen LogP contribution >= 0.6 is 11.3 Å². The summed E-state index contributed by atoms with van der Waals surface area (Å²) in [6.07, 6.45) is 4.75. The Morgan fingerprint density at radius 2 is 2.25 bits per heavy atom. The van der Waals surface area contributed by atoms with Gasteiger partial charge in [-0.25, -0.2) is 5.43 Å². The fourth-order valence-electron chi connectivity index (χ4n) is 1.33. The first-order chi connectivity index (χ1) is 9.75. The van der Waals surface area contributed by atoms with Gasteiger partial charge in [-0.05, 0) is 17.5 Å². The Hall–Kier alpha value is -2.54. The van der Waals surface area contributed by atoms with Crippen LogP contribution in [0.5, 0.6) is 0 Å². The van der Waals surface area contributed by atoms with Crippen molar-refractivity contribution in [3.63, 3.8) is 0 Å². The molecule has 2 rings (SSSR count). The number of hydrogen-bond acceptors (Lipinski definition) is 5. The molecule has 0 saturated heterocycles. The van der Waals surface area contributed by atoms with Crippen molar-refractivity contribution in [2.45, 2.75) is 0 Å². The Kier molecular flexibility index (Phi) is 4.96. The number of nitrogens with one attached hydrogen (secondary N) is 2. The highest BCUT2D eigenvalue weighted by atomic mass is 32.1. The highest BCUT2D eigenvalue weighted by Gasteiger charge is 2.07. The van der Waals surface area contributed by atoms with Crippen molar-refractivity contribution in [2.75, 3.05) is 6.54 Å². The van der Waals surface area contributed by atoms with Gasteiger partial charge in [0.25, 0.3) is 11.8 Å². The van der Waals surface area contributed by atoms with Crippen LogP contribution in [0.2, 0.25) is 0 Å². The summed E-state index contributed by atoms with van der Waals surface area (Å²) in [7, 11) is 0. The number of rotatable bonds is 5. The van der Waals surface area contributed by atoms with Crippen LogP contribution in [0.3, 0.4) is 0 Å². The highest BCUT2D eigenvalue weighted by molar-refractivity contribution is 7.12. The third kappa shape index (κ3) is 4.29. The summed E-state index contributed by atoms with van der Waals surface area (Å²) in [5.41, 5.74) is 3.10. The number of pyridine rings is 1. The van der Waals surface area contributed by atoms with Crippen LogP contribution in [0, 0.1) is 0 Å². The molecule has 2 heterocycles. The van der Waals surface area contributed by atoms with Crippen LogP contribution in [-0.2, 0) is 4.79 Å². The van der Waals surface area contributed by atoms with E-state index in [0.29, 0.717) is 4.88 Å². The molecule has 0 saturated carbocycles. The Bertz CT molecular complexity index is 596. The molecule has 0 aliphatic rings. The van der Waals surface area contributed by atoms with E-state index < -0.39 is 5.91 Å². The second-order valence-electron chi connectivity index (χ2n) is 3.74. The van der Waals surface area contributed by atoms with Crippen molar-refractivity contribution in [1.29, 1.82) is 0 Å². The lowest BCUT2D eigenvalue weighted by Gasteiger charge is -2.02. The normalized spacial score (nSPS) is 10.4. The van der Waals surface area contributed by atoms with E-state index in [4.69, 9.17) is 0 Å². The Morgan fingerprint density at radius 1 is 1.35 bits per heavy atom. The van der Waals surface area contributed by atoms with Crippen molar-refractivity contribution in [3.8, 4) is 0 Å². The Balaban J connectivity index is 1.73. The summed E-state index contributed by atoms with van der Waals surface area (Å²) in [6, 6.07) is 7.04. The van der Waals surface area contributed by atoms with E-state index in [1.807, 2.05) is 0 Å². The molecule has 0 bridgehead atoms. The van der Waals surface area contributed by atoms with Crippen molar-refractivity contribution in [3.05, 3.63) is 52.5 Å². The molecule has 2 aromatic rings. The van der Waals surface area contributed by atoms with E-state index >= 15 is 0 Å². The summed E-state index contributed by atoms with van der Waals surface area (Å²) in [5.74, 6) is -0.665. The molecule has 2 amide bonds. The second kappa shape index (κ2) is 7.15. The fraction of sp³-hybridized carbons (Fsp3) is 0.0769. The minimum Gasteiger partial charge on any atom is -0.342 e. The molecule has 0 aliphatic carbocycles. The van der Waals surface area contributed by atoms with E-state index in [9.17, 15) is 9.59 Å². The predicted octanol–water partition coefficient (Wildman–Crippen LogP) is 1.02. The number of amides is 2. The molecule has 102 valence electrons. The van der Waals surface area contributed by atoms with Crippen molar-refractivity contribution in [1.82, 2.24) is 15.7 Å². The fourth-order valence-corrected chi connectivity index (χ4v) is 1.97. The number of aromatic nitrogens is 1. The van der Waals surface area contributed by atoms with E-state index in [1.165, 1.54) is 17.6 Å². The van der Waals surface area contributed by atoms with Gasteiger partial charge in [0, 0.05) is 18.0 Å². The van der Waals surface area contributed by atoms with Gasteiger partial charge in [0.2, 0.25) is 0 Å². The average molecular weight is 288 g/mol. The molecule has 0 unspecified atom stereocenters. The minimum atomic E-state index is -0.393. The standard InChI is InChI=1S/C13H12N4O2S/c18-12(9-15-13(19)11-4-2-6-20-11)17-16-8-10-3-1-5-14-7-10/h1-8H,9H2,(H,15,19)(H,17,18)/b16-8-. The predicted molar refractivity (Wildman–Crippen MR) is 76.6 cm³/mol. The Labute approximate surface area is 119 Å². The van der Waals surface area contributed by atoms with Crippen LogP contribution in [0.4, 0.5) is 0 Å². The van der Waals surface area contributed by atoms with E-state index in [1.54, 1.807) is 42.0 Å². The maximum atomic E-state index is 11.6. The number of nitrogens with zero attached hydrogens (tertiary/aromatic N) is 2. The largest absolute Gasteiger partial charge is 0.342 e. The summed E-state index contributed by atoms with van der Waals surface area (Å²) in [5, 5.41) is 8.07. The molecule has 0 spiro atoms. The molecule has 0 radical (unpaired) electrons. The first-order valence-corrected chi connectivity index (χ1v) is 6.67. The Morgan fingerprint density at radius 3 is 2.95 bits per heavy atom. The van der Waals surface area contributed by atoms with Gasteiger partial charge >= 0.3 is 0 Å². The monoisotopic (exact) mass is 288 g/mol. The summed E-state index contributed by atoms with van der Waals surface area (Å²) >= 11 is 1.32. The van der Waals surface area contributed by atoms with Gasteiger partial charge in [-0.1, -0.05) is 12.1 Å². The lowest BCUT2D eigenvalue weighted by atomic mass is 10.3. The van der Waals surface area contributed by atoms with E-state index in [-0.39, 0.29) is 12.5 Å². The van der Waals surface area contributed by atoms with Crippen molar-refractivity contribution >= 4 is 29.4 Å². The first-order valence-electron chi connectivity index (χ1n) is 5.79. The van der Waals surface area contributed by atoms with Crippen LogP contribution in [0.15, 0.2) is 47.1 Å². The van der Waals surface area contributed by atoms with Gasteiger partial charge in [-0.15, -0.1) is 11.3 Å². The zero-order valence-corrected chi connectivity index (χ0v) is 11.3. The molecule has 0 aliphatic heterocycles. The number of hydrogen-bond donors (Lipinski definition) is 2. The van der Waals surface area contributed by atoms with Gasteiger partial charge in [0.05, 0.1) is 17.6 Å². The SMILES string of the molecule is O=C(CNC(=O)c1cccs1)N/N=C\c1cccnc1. The van der Waals surface area contributed by atoms with Crippen LogP contribution < -0.4 is 10.7 Å². The van der Waals surface area contributed by atoms with Gasteiger partial charge in [0.1, 0.15) is 0 Å². The third-order valence-corrected chi connectivity index (χ3v) is 3.11. The highest BCUT2D eigenvalue weighted by Crippen LogP contribution is 2.07. The topological polar surface area (TPSA) is 83.5 Å². The summed E-state index contributed by atoms with van der Waals surface area (Å²) in [4.78, 5) is 27.5. The zero-order chi connectivity index (χ0) is 14.2. The smallest absolute Gasteiger partial charge is 0.261 e. The molecule has 0 fully saturated rings. The minimum absolute atomic E-state index is 0.124. The van der Waals surface area contributed by atoms with Crippen molar-refractivity contribution in [2.24, 2.45) is 5.10 Å². The van der Waals surface area contributed by atoms with Crippen molar-refractivity contribution < 1.29 is 9.59 Å². The van der Waals surface area contributed by atoms with E-state index in [0.717, 1.165) is 5.56 Å². The van der Waals surface area contributed by atoms with E-state index in [2.05, 4.69) is 20.8 Å². The number of carbonyl (C=O) groups excluding carboxylic acids is 2. The molecule has 20 heavy (non-hydrogen) atoms. The molecule has 2 N–H and O–H groups in total. The third-order valence-electron chi connectivity index (χ3n) is 2.24. The number of hydrazone groups is 1. The van der Waals surface area contributed by atoms with Gasteiger partial charge in [-0.2, -0.15) is 5.10 Å². The van der Waals surface area contributed by atoms with Gasteiger partial charge < -0.3 is 5.32 Å². The molecule has 0 aromatic carbocycles. The van der Waals surface area contributed by atoms with Gasteiger partial charge in [0.15, 0.2) is 0 Å². The quantitative estimate of drug-likeness (QED) is 0.636. The van der Waals surface area contributed by atoms with Crippen LogP contribution in [0.1, 0.15) is 15.2 Å². The zero-order valence-electron chi connectivity index (χ0n) is 10.4. The molecular weight excluding hydrogens is 276 g/mol. The molecule has 6 nitrogen and oxygen atoms in total. The molecule has 2 aromatic heterocycles. The maximum absolute atomic E-state index is 11.6. The first kappa shape index (κ1) is 13.9. The number of carbonyl (C=O) groups is 2. The lowest BCUT2D eigenvalue weighted by molar-refractivity contribution is -0.120.